The first kappa shape index (κ1) is 17.5. The average molecular weight is 350 g/mol. The second kappa shape index (κ2) is 8.11. The van der Waals surface area contributed by atoms with Gasteiger partial charge in [-0.3, -0.25) is 0 Å². The largest absolute Gasteiger partial charge is 0.392 e. The number of rotatable bonds is 7. The van der Waals surface area contributed by atoms with Gasteiger partial charge in [0.05, 0.1) is 17.6 Å². The van der Waals surface area contributed by atoms with Gasteiger partial charge in [0.25, 0.3) is 0 Å². The normalized spacial score (nSPS) is 10.9. The highest BCUT2D eigenvalue weighted by molar-refractivity contribution is 6.32. The molecule has 126 valence electrons. The van der Waals surface area contributed by atoms with Gasteiger partial charge in [-0.25, -0.2) is 9.37 Å². The molecule has 24 heavy (non-hydrogen) atoms. The van der Waals surface area contributed by atoms with Crippen molar-refractivity contribution in [2.24, 2.45) is 0 Å². The molecule has 0 aliphatic carbocycles. The molecule has 0 bridgehead atoms. The van der Waals surface area contributed by atoms with Gasteiger partial charge in [0.1, 0.15) is 10.8 Å². The second-order valence-electron chi connectivity index (χ2n) is 4.62. The molecule has 0 saturated heterocycles. The van der Waals surface area contributed by atoms with E-state index in [-0.39, 0.29) is 22.5 Å². The smallest absolute Gasteiger partial charge is 0.229 e. The molecule has 0 atom stereocenters. The Hall–Kier alpha value is -2.87. The molecule has 2 aromatic rings. The summed E-state index contributed by atoms with van der Waals surface area (Å²) in [6.07, 6.45) is 4.08. The minimum Gasteiger partial charge on any atom is -0.392 e. The molecule has 1 aromatic heterocycles. The van der Waals surface area contributed by atoms with Gasteiger partial charge in [0.2, 0.25) is 5.95 Å². The van der Waals surface area contributed by atoms with Crippen molar-refractivity contribution in [3.05, 3.63) is 47.1 Å². The minimum absolute atomic E-state index is 0.220. The third kappa shape index (κ3) is 4.32. The quantitative estimate of drug-likeness (QED) is 0.492. The summed E-state index contributed by atoms with van der Waals surface area (Å²) < 4.78 is 13.9. The lowest BCUT2D eigenvalue weighted by molar-refractivity contribution is 0.632. The van der Waals surface area contributed by atoms with Crippen LogP contribution in [0, 0.1) is 11.2 Å². The number of aromatic nitrogens is 2. The Morgan fingerprint density at radius 2 is 2.12 bits per heavy atom. The number of benzene rings is 1. The standard InChI is InChI=1S/C15H17ClFN7/c1-19-7-10(6-18)22-15-21-8-11(16)14(24-15)23-13-5-9(20-2)3-4-12(13)17/h3-8,18-20H,1-2H3,(H2,21,22,23,24)/b10-7+,18-6?. The Balaban J connectivity index is 2.29. The number of halogens is 2. The number of nitrogens with zero attached hydrogens (tertiary/aromatic N) is 2. The van der Waals surface area contributed by atoms with Crippen LogP contribution in [-0.4, -0.2) is 30.3 Å². The van der Waals surface area contributed by atoms with Crippen LogP contribution in [0.5, 0.6) is 0 Å². The van der Waals surface area contributed by atoms with Crippen LogP contribution in [0.15, 0.2) is 36.3 Å². The number of nitrogens with one attached hydrogen (secondary N) is 5. The van der Waals surface area contributed by atoms with Crippen molar-refractivity contribution in [2.75, 3.05) is 30.0 Å². The van der Waals surface area contributed by atoms with Crippen LogP contribution >= 0.6 is 11.6 Å². The molecule has 0 radical (unpaired) electrons. The molecule has 0 unspecified atom stereocenters. The number of anilines is 4. The highest BCUT2D eigenvalue weighted by Gasteiger charge is 2.10. The molecule has 1 heterocycles. The van der Waals surface area contributed by atoms with Crippen LogP contribution in [-0.2, 0) is 0 Å². The Bertz CT molecular complexity index is 763. The van der Waals surface area contributed by atoms with Crippen molar-refractivity contribution in [3.63, 3.8) is 0 Å². The van der Waals surface area contributed by atoms with E-state index in [2.05, 4.69) is 31.2 Å². The molecular formula is C15H17ClFN7. The summed E-state index contributed by atoms with van der Waals surface area (Å²) in [6.45, 7) is 0. The highest BCUT2D eigenvalue weighted by atomic mass is 35.5. The van der Waals surface area contributed by atoms with Crippen LogP contribution in [0.1, 0.15) is 0 Å². The molecule has 2 rings (SSSR count). The SMILES string of the molecule is CN/C=C(\C=N)Nc1ncc(Cl)c(Nc2cc(NC)ccc2F)n1. The van der Waals surface area contributed by atoms with Crippen molar-refractivity contribution in [1.82, 2.24) is 15.3 Å². The molecule has 0 spiro atoms. The molecule has 0 aliphatic rings. The Morgan fingerprint density at radius 1 is 1.33 bits per heavy atom. The van der Waals surface area contributed by atoms with E-state index >= 15 is 0 Å². The van der Waals surface area contributed by atoms with Crippen molar-refractivity contribution in [3.8, 4) is 0 Å². The average Bonchev–Trinajstić information content (AvgIpc) is 2.59. The summed E-state index contributed by atoms with van der Waals surface area (Å²) in [5.74, 6) is 0.0284. The zero-order valence-electron chi connectivity index (χ0n) is 13.1. The van der Waals surface area contributed by atoms with E-state index in [1.54, 1.807) is 32.4 Å². The van der Waals surface area contributed by atoms with Gasteiger partial charge in [-0.05, 0) is 18.2 Å². The lowest BCUT2D eigenvalue weighted by Gasteiger charge is -2.12. The molecule has 9 heteroatoms. The fraction of sp³-hybridized carbons (Fsp3) is 0.133. The van der Waals surface area contributed by atoms with Crippen molar-refractivity contribution >= 4 is 41.0 Å². The van der Waals surface area contributed by atoms with Gasteiger partial charge in [0.15, 0.2) is 5.82 Å². The van der Waals surface area contributed by atoms with Crippen molar-refractivity contribution in [1.29, 1.82) is 5.41 Å². The van der Waals surface area contributed by atoms with Crippen LogP contribution in [0.25, 0.3) is 0 Å². The first-order chi connectivity index (χ1) is 11.6. The predicted octanol–water partition coefficient (Wildman–Crippen LogP) is 3.18. The fourth-order valence-electron chi connectivity index (χ4n) is 1.82. The molecular weight excluding hydrogens is 333 g/mol. The summed E-state index contributed by atoms with van der Waals surface area (Å²) >= 11 is 6.08. The van der Waals surface area contributed by atoms with Gasteiger partial charge in [0, 0.05) is 32.2 Å². The minimum atomic E-state index is -0.437. The highest BCUT2D eigenvalue weighted by Crippen LogP contribution is 2.27. The molecule has 0 aliphatic heterocycles. The molecule has 0 amide bonds. The summed E-state index contributed by atoms with van der Waals surface area (Å²) in [7, 11) is 3.45. The van der Waals surface area contributed by atoms with Crippen molar-refractivity contribution < 1.29 is 4.39 Å². The maximum Gasteiger partial charge on any atom is 0.229 e. The molecule has 5 N–H and O–H groups in total. The molecule has 0 saturated carbocycles. The molecule has 0 fully saturated rings. The number of allylic oxidation sites excluding steroid dienone is 1. The maximum atomic E-state index is 13.9. The summed E-state index contributed by atoms with van der Waals surface area (Å²) in [4.78, 5) is 8.24. The Labute approximate surface area is 143 Å². The summed E-state index contributed by atoms with van der Waals surface area (Å²) in [5.41, 5.74) is 1.42. The van der Waals surface area contributed by atoms with E-state index in [1.165, 1.54) is 12.3 Å². The first-order valence-corrected chi connectivity index (χ1v) is 7.37. The van der Waals surface area contributed by atoms with E-state index < -0.39 is 5.82 Å². The van der Waals surface area contributed by atoms with Gasteiger partial charge in [-0.15, -0.1) is 0 Å². The van der Waals surface area contributed by atoms with Crippen molar-refractivity contribution in [2.45, 2.75) is 0 Å². The Kier molecular flexibility index (Phi) is 5.91. The van der Waals surface area contributed by atoms with Crippen LogP contribution in [0.4, 0.5) is 27.5 Å². The van der Waals surface area contributed by atoms with Gasteiger partial charge < -0.3 is 26.7 Å². The monoisotopic (exact) mass is 349 g/mol. The Morgan fingerprint density at radius 3 is 2.79 bits per heavy atom. The lowest BCUT2D eigenvalue weighted by Crippen LogP contribution is -2.09. The second-order valence-corrected chi connectivity index (χ2v) is 5.02. The van der Waals surface area contributed by atoms with E-state index in [0.717, 1.165) is 11.9 Å². The predicted molar refractivity (Wildman–Crippen MR) is 95.8 cm³/mol. The maximum absolute atomic E-state index is 13.9. The molecule has 1 aromatic carbocycles. The zero-order chi connectivity index (χ0) is 17.5. The number of hydrogen-bond acceptors (Lipinski definition) is 7. The third-order valence-electron chi connectivity index (χ3n) is 2.96. The molecule has 7 nitrogen and oxygen atoms in total. The van der Waals surface area contributed by atoms with Crippen LogP contribution in [0.2, 0.25) is 5.02 Å². The van der Waals surface area contributed by atoms with Gasteiger partial charge >= 0.3 is 0 Å². The van der Waals surface area contributed by atoms with E-state index in [9.17, 15) is 4.39 Å². The van der Waals surface area contributed by atoms with Gasteiger partial charge in [-0.1, -0.05) is 11.6 Å². The topological polar surface area (TPSA) is 97.8 Å². The summed E-state index contributed by atoms with van der Waals surface area (Å²) in [5, 5.41) is 19.0. The van der Waals surface area contributed by atoms with E-state index in [1.807, 2.05) is 0 Å². The fourth-order valence-corrected chi connectivity index (χ4v) is 1.96. The lowest BCUT2D eigenvalue weighted by atomic mass is 10.2. The number of hydrogen-bond donors (Lipinski definition) is 5. The van der Waals surface area contributed by atoms with Gasteiger partial charge in [-0.2, -0.15) is 4.98 Å². The zero-order valence-corrected chi connectivity index (χ0v) is 13.9. The third-order valence-corrected chi connectivity index (χ3v) is 3.24. The van der Waals surface area contributed by atoms with E-state index in [4.69, 9.17) is 17.0 Å². The first-order valence-electron chi connectivity index (χ1n) is 6.99. The summed E-state index contributed by atoms with van der Waals surface area (Å²) in [6, 6.07) is 4.56. The van der Waals surface area contributed by atoms with E-state index in [0.29, 0.717) is 5.70 Å². The van der Waals surface area contributed by atoms with Crippen LogP contribution < -0.4 is 21.3 Å². The van der Waals surface area contributed by atoms with Crippen LogP contribution in [0.3, 0.4) is 0 Å².